The lowest BCUT2D eigenvalue weighted by Crippen LogP contribution is -2.30. The van der Waals surface area contributed by atoms with Gasteiger partial charge in [-0.25, -0.2) is 9.37 Å². The second-order valence-electron chi connectivity index (χ2n) is 7.96. The number of nitrogens with zero attached hydrogens (tertiary/aromatic N) is 1. The molecule has 1 aliphatic rings. The van der Waals surface area contributed by atoms with E-state index in [2.05, 4.69) is 10.3 Å². The van der Waals surface area contributed by atoms with Crippen molar-refractivity contribution in [2.75, 3.05) is 11.6 Å². The molecule has 0 spiro atoms. The highest BCUT2D eigenvalue weighted by Crippen LogP contribution is 2.35. The minimum atomic E-state index is -4.64. The van der Waals surface area contributed by atoms with Crippen molar-refractivity contribution in [1.82, 2.24) is 4.98 Å². The summed E-state index contributed by atoms with van der Waals surface area (Å²) in [6.45, 7) is 0. The molecule has 0 fully saturated rings. The summed E-state index contributed by atoms with van der Waals surface area (Å²) < 4.78 is 58.8. The average Bonchev–Trinajstić information content (AvgIpc) is 2.82. The van der Waals surface area contributed by atoms with Crippen LogP contribution in [0.1, 0.15) is 22.3 Å². The number of hydrogen-bond donors (Lipinski definition) is 1. The molecule has 0 saturated carbocycles. The number of Topliss-reactive ketones (excluding diaryl/α,β-unsaturated/α-hetero) is 2. The van der Waals surface area contributed by atoms with Gasteiger partial charge in [-0.15, -0.1) is 11.8 Å². The van der Waals surface area contributed by atoms with E-state index in [1.165, 1.54) is 18.0 Å². The van der Waals surface area contributed by atoms with Gasteiger partial charge in [0.2, 0.25) is 5.78 Å². The number of halogens is 4. The third kappa shape index (κ3) is 5.56. The fourth-order valence-corrected chi connectivity index (χ4v) is 4.34. The molecule has 0 saturated heterocycles. The Morgan fingerprint density at radius 3 is 2.56 bits per heavy atom. The molecule has 2 heterocycles. The van der Waals surface area contributed by atoms with Gasteiger partial charge in [0.05, 0.1) is 5.56 Å². The third-order valence-corrected chi connectivity index (χ3v) is 6.29. The number of amides is 1. The van der Waals surface area contributed by atoms with E-state index in [1.807, 2.05) is 0 Å². The van der Waals surface area contributed by atoms with Gasteiger partial charge in [-0.3, -0.25) is 14.4 Å². The minimum Gasteiger partial charge on any atom is -0.457 e. The van der Waals surface area contributed by atoms with Gasteiger partial charge < -0.3 is 10.1 Å². The first-order valence-corrected chi connectivity index (χ1v) is 11.8. The maximum Gasteiger partial charge on any atom is 0.416 e. The van der Waals surface area contributed by atoms with Crippen LogP contribution in [0.5, 0.6) is 11.5 Å². The second kappa shape index (κ2) is 10.1. The molecular weight excluding hydrogens is 500 g/mol. The van der Waals surface area contributed by atoms with E-state index in [0.717, 1.165) is 0 Å². The van der Waals surface area contributed by atoms with E-state index in [0.29, 0.717) is 45.7 Å². The summed E-state index contributed by atoms with van der Waals surface area (Å²) in [7, 11) is 0. The number of ketones is 2. The number of anilines is 1. The molecule has 1 amide bonds. The number of carbonyl (C=O) groups excluding carboxylic acids is 3. The Morgan fingerprint density at radius 2 is 1.83 bits per heavy atom. The smallest absolute Gasteiger partial charge is 0.416 e. The molecule has 0 unspecified atom stereocenters. The summed E-state index contributed by atoms with van der Waals surface area (Å²) in [5.74, 6) is -1.70. The van der Waals surface area contributed by atoms with Gasteiger partial charge in [0.1, 0.15) is 28.9 Å². The Bertz CT molecular complexity index is 1370. The van der Waals surface area contributed by atoms with Crippen LogP contribution in [0.4, 0.5) is 23.4 Å². The van der Waals surface area contributed by atoms with Crippen molar-refractivity contribution in [3.8, 4) is 11.5 Å². The molecule has 0 radical (unpaired) electrons. The SMILES string of the molecule is CSc1cc(Oc2ccnc3c2CC(=O)C(=O)N3)ccc1CC(=O)Cc1cc(C(F)(F)F)ccc1F. The summed E-state index contributed by atoms with van der Waals surface area (Å²) in [5.41, 5.74) is -0.288. The standard InChI is InChI=1S/C25H18F4N2O4S/c1-36-22-11-17(35-21-6-7-30-23-18(21)12-20(33)24(34)31-23)4-2-13(22)9-16(32)10-14-8-15(25(27,28)29)3-5-19(14)26/h2-8,11H,9-10,12H2,1H3,(H,30,31,34). The lowest BCUT2D eigenvalue weighted by atomic mass is 10.0. The fraction of sp³-hybridized carbons (Fsp3) is 0.200. The number of rotatable bonds is 7. The van der Waals surface area contributed by atoms with E-state index in [4.69, 9.17) is 4.74 Å². The lowest BCUT2D eigenvalue weighted by molar-refractivity contribution is -0.137. The van der Waals surface area contributed by atoms with Crippen molar-refractivity contribution in [2.45, 2.75) is 30.3 Å². The van der Waals surface area contributed by atoms with Crippen LogP contribution >= 0.6 is 11.8 Å². The number of carbonyl (C=O) groups is 3. The quantitative estimate of drug-likeness (QED) is 0.264. The number of pyridine rings is 1. The molecule has 11 heteroatoms. The largest absolute Gasteiger partial charge is 0.457 e. The molecular formula is C25H18F4N2O4S. The van der Waals surface area contributed by atoms with E-state index >= 15 is 0 Å². The van der Waals surface area contributed by atoms with Crippen molar-refractivity contribution in [3.05, 3.63) is 76.7 Å². The van der Waals surface area contributed by atoms with Gasteiger partial charge in [0, 0.05) is 35.9 Å². The van der Waals surface area contributed by atoms with Crippen molar-refractivity contribution in [3.63, 3.8) is 0 Å². The highest BCUT2D eigenvalue weighted by atomic mass is 32.2. The third-order valence-electron chi connectivity index (χ3n) is 5.47. The summed E-state index contributed by atoms with van der Waals surface area (Å²) in [6, 6.07) is 8.48. The molecule has 1 aliphatic heterocycles. The van der Waals surface area contributed by atoms with Crippen LogP contribution in [0.3, 0.4) is 0 Å². The van der Waals surface area contributed by atoms with Crippen LogP contribution in [-0.4, -0.2) is 28.7 Å². The topological polar surface area (TPSA) is 85.4 Å². The molecule has 36 heavy (non-hydrogen) atoms. The second-order valence-corrected chi connectivity index (χ2v) is 8.81. The number of aromatic nitrogens is 1. The van der Waals surface area contributed by atoms with E-state index in [-0.39, 0.29) is 24.2 Å². The van der Waals surface area contributed by atoms with Crippen LogP contribution in [0.2, 0.25) is 0 Å². The number of nitrogens with one attached hydrogen (secondary N) is 1. The molecule has 0 atom stereocenters. The van der Waals surface area contributed by atoms with Crippen LogP contribution in [0.15, 0.2) is 53.6 Å². The predicted octanol–water partition coefficient (Wildman–Crippen LogP) is 5.17. The summed E-state index contributed by atoms with van der Waals surface area (Å²) in [4.78, 5) is 40.7. The molecule has 6 nitrogen and oxygen atoms in total. The van der Waals surface area contributed by atoms with Crippen LogP contribution in [-0.2, 0) is 39.8 Å². The summed E-state index contributed by atoms with van der Waals surface area (Å²) >= 11 is 1.33. The lowest BCUT2D eigenvalue weighted by Gasteiger charge is -2.18. The Morgan fingerprint density at radius 1 is 1.08 bits per heavy atom. The zero-order chi connectivity index (χ0) is 26.0. The number of thioether (sulfide) groups is 1. The van der Waals surface area contributed by atoms with E-state index < -0.39 is 41.5 Å². The first kappa shape index (κ1) is 25.4. The van der Waals surface area contributed by atoms with Gasteiger partial charge in [-0.2, -0.15) is 13.2 Å². The number of ether oxygens (including phenoxy) is 1. The zero-order valence-corrected chi connectivity index (χ0v) is 19.6. The van der Waals surface area contributed by atoms with Crippen molar-refractivity contribution in [2.24, 2.45) is 0 Å². The van der Waals surface area contributed by atoms with Crippen molar-refractivity contribution < 1.29 is 36.7 Å². The predicted molar refractivity (Wildman–Crippen MR) is 124 cm³/mol. The highest BCUT2D eigenvalue weighted by molar-refractivity contribution is 7.98. The molecule has 2 aromatic carbocycles. The van der Waals surface area contributed by atoms with Gasteiger partial charge in [-0.1, -0.05) is 6.07 Å². The molecule has 4 rings (SSSR count). The van der Waals surface area contributed by atoms with E-state index in [9.17, 15) is 31.9 Å². The normalized spacial score (nSPS) is 13.2. The Labute approximate surface area is 207 Å². The van der Waals surface area contributed by atoms with Crippen LogP contribution in [0.25, 0.3) is 0 Å². The average molecular weight is 518 g/mol. The molecule has 186 valence electrons. The fourth-order valence-electron chi connectivity index (χ4n) is 3.70. The van der Waals surface area contributed by atoms with Gasteiger partial charge in [0.15, 0.2) is 0 Å². The molecule has 0 aliphatic carbocycles. The number of alkyl halides is 3. The molecule has 1 aromatic heterocycles. The van der Waals surface area contributed by atoms with Gasteiger partial charge in [-0.05, 0) is 53.8 Å². The Kier molecular flexibility index (Phi) is 7.11. The van der Waals surface area contributed by atoms with E-state index in [1.54, 1.807) is 30.5 Å². The summed E-state index contributed by atoms with van der Waals surface area (Å²) in [6.07, 6.45) is -2.18. The zero-order valence-electron chi connectivity index (χ0n) is 18.7. The van der Waals surface area contributed by atoms with Crippen molar-refractivity contribution in [1.29, 1.82) is 0 Å². The first-order chi connectivity index (χ1) is 17.0. The Balaban J connectivity index is 1.51. The number of benzene rings is 2. The van der Waals surface area contributed by atoms with Crippen molar-refractivity contribution >= 4 is 35.1 Å². The number of fused-ring (bicyclic) bond motifs is 1. The van der Waals surface area contributed by atoms with Gasteiger partial charge >= 0.3 is 6.18 Å². The summed E-state index contributed by atoms with van der Waals surface area (Å²) in [5, 5.41) is 2.41. The molecule has 0 bridgehead atoms. The maximum atomic E-state index is 14.0. The Hall–Kier alpha value is -3.73. The maximum absolute atomic E-state index is 14.0. The molecule has 3 aromatic rings. The molecule has 1 N–H and O–H groups in total. The van der Waals surface area contributed by atoms with Crippen LogP contribution in [0, 0.1) is 5.82 Å². The highest BCUT2D eigenvalue weighted by Gasteiger charge is 2.31. The first-order valence-electron chi connectivity index (χ1n) is 10.6. The number of hydrogen-bond acceptors (Lipinski definition) is 6. The monoisotopic (exact) mass is 518 g/mol. The van der Waals surface area contributed by atoms with Gasteiger partial charge in [0.25, 0.3) is 5.91 Å². The van der Waals surface area contributed by atoms with Crippen LogP contribution < -0.4 is 10.1 Å². The minimum absolute atomic E-state index is 0.114.